The van der Waals surface area contributed by atoms with E-state index in [-0.39, 0.29) is 49.5 Å². The first-order valence-electron chi connectivity index (χ1n) is 26.0. The van der Waals surface area contributed by atoms with Gasteiger partial charge in [-0.3, -0.25) is 47.9 Å². The number of methoxy groups -OCH3 is 1. The number of amides is 8. The van der Waals surface area contributed by atoms with Gasteiger partial charge in [0.25, 0.3) is 0 Å². The van der Waals surface area contributed by atoms with Crippen LogP contribution in [0.25, 0.3) is 0 Å². The fourth-order valence-corrected chi connectivity index (χ4v) is 8.72. The van der Waals surface area contributed by atoms with Gasteiger partial charge in [-0.25, -0.2) is 0 Å². The van der Waals surface area contributed by atoms with Crippen molar-refractivity contribution in [3.05, 3.63) is 12.2 Å². The highest BCUT2D eigenvalue weighted by atomic mass is 16.5. The van der Waals surface area contributed by atoms with Crippen LogP contribution in [0, 0.1) is 29.6 Å². The van der Waals surface area contributed by atoms with Crippen LogP contribution in [0.1, 0.15) is 129 Å². The van der Waals surface area contributed by atoms with Crippen LogP contribution in [0.5, 0.6) is 0 Å². The van der Waals surface area contributed by atoms with Crippen molar-refractivity contribution in [2.75, 3.05) is 55.9 Å². The second kappa shape index (κ2) is 32.7. The van der Waals surface area contributed by atoms with Crippen LogP contribution in [-0.4, -0.2) is 194 Å². The zero-order valence-electron chi connectivity index (χ0n) is 48.6. The summed E-state index contributed by atoms with van der Waals surface area (Å²) in [4.78, 5) is 144. The Bertz CT molecular complexity index is 1930. The summed E-state index contributed by atoms with van der Waals surface area (Å²) in [5.41, 5.74) is 0. The molecular formula is C53H95N9O12. The zero-order valence-corrected chi connectivity index (χ0v) is 48.6. The standard InChI is InChI=1S/C53H95N9O12/c1-22-24-25-34(11)45(74-37(14)63)44(48(67)57-38(23-2)50(69)58(16)29-42(64)73-21)62(20)53(72)43(33(9)10)61(19)52(71)41(28-32(7)8)60(18)51(70)40(27-31(5)6)59(17)49(68)36(13)56-46(65)35(12)55-47(66)39(54-15)26-30(3)4/h22,24,30-36,38-41,43-45,54H,23,25-29H2,1-21H3,(H,55,66)(H,56,65)(H,57,67)/t34-,35+,36-,38+,39+,40+,41+,43+,44+,45-/m1/s1. The molecule has 0 spiro atoms. The van der Waals surface area contributed by atoms with Gasteiger partial charge in [-0.15, -0.1) is 0 Å². The molecule has 0 bridgehead atoms. The lowest BCUT2D eigenvalue weighted by Gasteiger charge is -2.42. The number of nitrogens with one attached hydrogen (secondary N) is 4. The molecule has 74 heavy (non-hydrogen) atoms. The lowest BCUT2D eigenvalue weighted by molar-refractivity contribution is -0.164. The number of allylic oxidation sites excluding steroid dienone is 2. The first kappa shape index (κ1) is 68.4. The van der Waals surface area contributed by atoms with Crippen molar-refractivity contribution in [2.45, 2.75) is 183 Å². The van der Waals surface area contributed by atoms with Gasteiger partial charge in [0, 0.05) is 42.2 Å². The summed E-state index contributed by atoms with van der Waals surface area (Å²) in [6.45, 7) is 23.9. The minimum atomic E-state index is -1.53. The fourth-order valence-electron chi connectivity index (χ4n) is 8.72. The van der Waals surface area contributed by atoms with Crippen molar-refractivity contribution < 1.29 is 57.4 Å². The summed E-state index contributed by atoms with van der Waals surface area (Å²) in [5, 5.41) is 11.1. The molecule has 4 N–H and O–H groups in total. The van der Waals surface area contributed by atoms with Gasteiger partial charge in [0.1, 0.15) is 54.9 Å². The predicted octanol–water partition coefficient (Wildman–Crippen LogP) is 2.75. The maximum Gasteiger partial charge on any atom is 0.325 e. The minimum absolute atomic E-state index is 0.0937. The van der Waals surface area contributed by atoms with Crippen molar-refractivity contribution in [1.29, 1.82) is 0 Å². The topological polar surface area (TPSA) is 253 Å². The highest BCUT2D eigenvalue weighted by Gasteiger charge is 2.46. The second-order valence-electron chi connectivity index (χ2n) is 21.2. The van der Waals surface area contributed by atoms with Crippen LogP contribution in [0.15, 0.2) is 12.2 Å². The van der Waals surface area contributed by atoms with E-state index in [0.29, 0.717) is 12.8 Å². The van der Waals surface area contributed by atoms with Gasteiger partial charge >= 0.3 is 11.9 Å². The molecule has 0 fully saturated rings. The molecule has 0 saturated carbocycles. The first-order valence-corrected chi connectivity index (χ1v) is 26.0. The average Bonchev–Trinajstić information content (AvgIpc) is 3.32. The van der Waals surface area contributed by atoms with Crippen LogP contribution in [0.3, 0.4) is 0 Å². The lowest BCUT2D eigenvalue weighted by Crippen LogP contribution is -2.64. The van der Waals surface area contributed by atoms with Crippen LogP contribution in [0.2, 0.25) is 0 Å². The second-order valence-corrected chi connectivity index (χ2v) is 21.2. The molecule has 0 aliphatic carbocycles. The lowest BCUT2D eigenvalue weighted by atomic mass is 9.91. The third-order valence-corrected chi connectivity index (χ3v) is 13.0. The summed E-state index contributed by atoms with van der Waals surface area (Å²) in [7, 11) is 9.97. The van der Waals surface area contributed by atoms with Crippen LogP contribution in [0.4, 0.5) is 0 Å². The summed E-state index contributed by atoms with van der Waals surface area (Å²) in [6, 6.07) is -8.77. The molecule has 0 aromatic carbocycles. The van der Waals surface area contributed by atoms with Gasteiger partial charge in [-0.05, 0) is 89.5 Å². The molecule has 0 aromatic rings. The molecule has 0 aromatic heterocycles. The molecule has 21 nitrogen and oxygen atoms in total. The number of nitrogens with zero attached hydrogens (tertiary/aromatic N) is 5. The zero-order chi connectivity index (χ0) is 57.6. The van der Waals surface area contributed by atoms with Gasteiger partial charge in [-0.1, -0.05) is 81.4 Å². The SMILES string of the molecule is CC=CC[C@@H](C)[C@@H](OC(C)=O)[C@@H](C(=O)N[C@@H](CC)C(=O)N(C)CC(=O)OC)N(C)C(=O)[C@H](C(C)C)N(C)C(=O)[C@H](CC(C)C)N(C)C(=O)[C@H](CC(C)C)N(C)C(=O)[C@@H](C)NC(=O)[C@H](C)NC(=O)[C@H](CC(C)C)NC. The summed E-state index contributed by atoms with van der Waals surface area (Å²) in [5.74, 6) is -7.37. The molecule has 0 rings (SSSR count). The van der Waals surface area contributed by atoms with Gasteiger partial charge in [-0.2, -0.15) is 0 Å². The van der Waals surface area contributed by atoms with E-state index in [9.17, 15) is 38.4 Å². The van der Waals surface area contributed by atoms with Gasteiger partial charge < -0.3 is 55.2 Å². The Kier molecular flexibility index (Phi) is 30.2. The maximum absolute atomic E-state index is 15.1. The Morgan fingerprint density at radius 2 is 1.03 bits per heavy atom. The highest BCUT2D eigenvalue weighted by Crippen LogP contribution is 2.26. The maximum atomic E-state index is 15.1. The molecule has 0 saturated heterocycles. The molecule has 0 aliphatic heterocycles. The Morgan fingerprint density at radius 3 is 1.46 bits per heavy atom. The van der Waals surface area contributed by atoms with E-state index in [0.717, 1.165) is 9.80 Å². The van der Waals surface area contributed by atoms with Crippen molar-refractivity contribution in [2.24, 2.45) is 29.6 Å². The predicted molar refractivity (Wildman–Crippen MR) is 284 cm³/mol. The largest absolute Gasteiger partial charge is 0.468 e. The fraction of sp³-hybridized carbons (Fsp3) is 0.774. The number of esters is 2. The molecule has 0 heterocycles. The van der Waals surface area contributed by atoms with Crippen LogP contribution < -0.4 is 21.3 Å². The number of carbonyl (C=O) groups excluding carboxylic acids is 10. The minimum Gasteiger partial charge on any atom is -0.468 e. The van der Waals surface area contributed by atoms with Crippen LogP contribution in [-0.2, 0) is 57.4 Å². The molecule has 0 unspecified atom stereocenters. The summed E-state index contributed by atoms with van der Waals surface area (Å²) < 4.78 is 10.5. The number of hydrogen-bond donors (Lipinski definition) is 4. The Labute approximate surface area is 442 Å². The molecule has 424 valence electrons. The Morgan fingerprint density at radius 1 is 0.554 bits per heavy atom. The number of ether oxygens (including phenoxy) is 2. The summed E-state index contributed by atoms with van der Waals surface area (Å²) >= 11 is 0. The quantitative estimate of drug-likeness (QED) is 0.0577. The average molecular weight is 1050 g/mol. The molecular weight excluding hydrogens is 955 g/mol. The number of hydrogen-bond acceptors (Lipinski definition) is 13. The van der Waals surface area contributed by atoms with E-state index in [1.165, 1.54) is 77.8 Å². The number of rotatable bonds is 31. The molecule has 21 heteroatoms. The van der Waals surface area contributed by atoms with Crippen molar-refractivity contribution in [3.8, 4) is 0 Å². The van der Waals surface area contributed by atoms with E-state index < -0.39 is 120 Å². The van der Waals surface area contributed by atoms with Crippen molar-refractivity contribution >= 4 is 59.2 Å². The van der Waals surface area contributed by atoms with E-state index in [4.69, 9.17) is 9.47 Å². The van der Waals surface area contributed by atoms with E-state index in [1.807, 2.05) is 47.6 Å². The third-order valence-electron chi connectivity index (χ3n) is 13.0. The normalized spacial score (nSPS) is 15.6. The monoisotopic (exact) mass is 1050 g/mol. The van der Waals surface area contributed by atoms with E-state index >= 15 is 9.59 Å². The third kappa shape index (κ3) is 21.0. The number of carbonyl (C=O) groups is 10. The first-order chi connectivity index (χ1) is 34.2. The van der Waals surface area contributed by atoms with E-state index in [2.05, 4.69) is 21.3 Å². The Balaban J connectivity index is 7.22. The molecule has 0 aliphatic rings. The van der Waals surface area contributed by atoms with Crippen LogP contribution >= 0.6 is 0 Å². The van der Waals surface area contributed by atoms with Crippen molar-refractivity contribution in [3.63, 3.8) is 0 Å². The molecule has 0 radical (unpaired) electrons. The van der Waals surface area contributed by atoms with E-state index in [1.54, 1.807) is 47.7 Å². The van der Waals surface area contributed by atoms with Crippen molar-refractivity contribution in [1.82, 2.24) is 45.8 Å². The van der Waals surface area contributed by atoms with Gasteiger partial charge in [0.2, 0.25) is 47.3 Å². The Hall–Kier alpha value is -5.60. The highest BCUT2D eigenvalue weighted by molar-refractivity contribution is 5.98. The smallest absolute Gasteiger partial charge is 0.325 e. The molecule has 8 amide bonds. The molecule has 10 atom stereocenters. The van der Waals surface area contributed by atoms with Gasteiger partial charge in [0.05, 0.1) is 13.2 Å². The summed E-state index contributed by atoms with van der Waals surface area (Å²) in [6.07, 6.45) is 3.71. The van der Waals surface area contributed by atoms with Gasteiger partial charge in [0.15, 0.2) is 0 Å². The number of likely N-dealkylation sites (N-methyl/N-ethyl adjacent to an activating group) is 6.